The molecule has 0 aliphatic heterocycles. The van der Waals surface area contributed by atoms with Gasteiger partial charge in [-0.05, 0) is 25.8 Å². The lowest BCUT2D eigenvalue weighted by atomic mass is 9.85. The first-order valence-electron chi connectivity index (χ1n) is 7.16. The highest BCUT2D eigenvalue weighted by Crippen LogP contribution is 2.25. The number of aliphatic hydroxyl groups is 1. The summed E-state index contributed by atoms with van der Waals surface area (Å²) in [6.45, 7) is 4.03. The lowest BCUT2D eigenvalue weighted by Gasteiger charge is -2.30. The van der Waals surface area contributed by atoms with E-state index in [-0.39, 0.29) is 24.5 Å². The number of hydrogen-bond donors (Lipinski definition) is 2. The third-order valence-corrected chi connectivity index (χ3v) is 3.98. The Balaban J connectivity index is 2.05. The number of aryl methyl sites for hydroxylation is 2. The second kappa shape index (κ2) is 6.24. The number of amides is 1. The Morgan fingerprint density at radius 1 is 1.47 bits per heavy atom. The third-order valence-electron chi connectivity index (χ3n) is 3.98. The molecule has 0 aromatic carbocycles. The molecule has 0 spiro atoms. The molecule has 1 aromatic heterocycles. The molecule has 4 nitrogen and oxygen atoms in total. The minimum absolute atomic E-state index is 0.0702. The number of rotatable bonds is 4. The Labute approximate surface area is 114 Å². The van der Waals surface area contributed by atoms with Crippen LogP contribution in [-0.4, -0.2) is 23.7 Å². The lowest BCUT2D eigenvalue weighted by molar-refractivity contribution is 0.0843. The van der Waals surface area contributed by atoms with Crippen molar-refractivity contribution in [2.45, 2.75) is 52.0 Å². The predicted molar refractivity (Wildman–Crippen MR) is 73.1 cm³/mol. The fraction of sp³-hybridized carbons (Fsp3) is 0.667. The lowest BCUT2D eigenvalue weighted by Crippen LogP contribution is -2.43. The van der Waals surface area contributed by atoms with Gasteiger partial charge >= 0.3 is 0 Å². The van der Waals surface area contributed by atoms with Gasteiger partial charge in [-0.15, -0.1) is 0 Å². The van der Waals surface area contributed by atoms with Crippen molar-refractivity contribution in [3.8, 4) is 0 Å². The Bertz CT molecular complexity index is 439. The molecule has 0 bridgehead atoms. The van der Waals surface area contributed by atoms with Crippen LogP contribution < -0.4 is 5.32 Å². The zero-order chi connectivity index (χ0) is 13.8. The van der Waals surface area contributed by atoms with Gasteiger partial charge in [-0.25, -0.2) is 0 Å². The average molecular weight is 265 g/mol. The fourth-order valence-corrected chi connectivity index (χ4v) is 2.80. The summed E-state index contributed by atoms with van der Waals surface area (Å²) in [7, 11) is 0. The van der Waals surface area contributed by atoms with Crippen molar-refractivity contribution in [1.82, 2.24) is 5.32 Å². The molecule has 2 rings (SSSR count). The average Bonchev–Trinajstić information content (AvgIpc) is 2.80. The van der Waals surface area contributed by atoms with Gasteiger partial charge in [0.15, 0.2) is 5.76 Å². The maximum atomic E-state index is 12.2. The molecule has 106 valence electrons. The van der Waals surface area contributed by atoms with Gasteiger partial charge in [-0.2, -0.15) is 0 Å². The fourth-order valence-electron chi connectivity index (χ4n) is 2.80. The van der Waals surface area contributed by atoms with Crippen LogP contribution in [0.1, 0.15) is 54.5 Å². The van der Waals surface area contributed by atoms with Crippen molar-refractivity contribution in [2.24, 2.45) is 5.92 Å². The van der Waals surface area contributed by atoms with E-state index in [1.165, 1.54) is 0 Å². The first-order chi connectivity index (χ1) is 9.15. The molecule has 0 saturated heterocycles. The van der Waals surface area contributed by atoms with E-state index in [1.807, 2.05) is 19.9 Å². The predicted octanol–water partition coefficient (Wildman–Crippen LogP) is 2.43. The number of carbonyl (C=O) groups excluding carboxylic acids is 1. The van der Waals surface area contributed by atoms with Gasteiger partial charge < -0.3 is 14.8 Å². The van der Waals surface area contributed by atoms with Crippen LogP contribution in [0.15, 0.2) is 10.5 Å². The molecule has 1 aromatic rings. The van der Waals surface area contributed by atoms with Crippen molar-refractivity contribution in [2.75, 3.05) is 6.61 Å². The van der Waals surface area contributed by atoms with E-state index in [0.29, 0.717) is 5.76 Å². The summed E-state index contributed by atoms with van der Waals surface area (Å²) in [6, 6.07) is 1.99. The van der Waals surface area contributed by atoms with Gasteiger partial charge in [0.1, 0.15) is 5.76 Å². The monoisotopic (exact) mass is 265 g/mol. The van der Waals surface area contributed by atoms with Crippen molar-refractivity contribution in [3.63, 3.8) is 0 Å². The third kappa shape index (κ3) is 3.18. The molecule has 2 N–H and O–H groups in total. The normalized spacial score (nSPS) is 23.3. The van der Waals surface area contributed by atoms with Crippen LogP contribution >= 0.6 is 0 Å². The molecule has 19 heavy (non-hydrogen) atoms. The smallest absolute Gasteiger partial charge is 0.287 e. The SMILES string of the molecule is CCc1cc(C)c(C(=O)NC2CCCCC2CO)o1. The van der Waals surface area contributed by atoms with Gasteiger partial charge in [0.2, 0.25) is 0 Å². The van der Waals surface area contributed by atoms with Gasteiger partial charge in [-0.1, -0.05) is 19.8 Å². The van der Waals surface area contributed by atoms with E-state index in [2.05, 4.69) is 5.32 Å². The molecule has 1 amide bonds. The highest BCUT2D eigenvalue weighted by atomic mass is 16.4. The van der Waals surface area contributed by atoms with Gasteiger partial charge in [-0.3, -0.25) is 4.79 Å². The molecule has 2 unspecified atom stereocenters. The number of nitrogens with one attached hydrogen (secondary N) is 1. The second-order valence-electron chi connectivity index (χ2n) is 5.39. The molecule has 4 heteroatoms. The summed E-state index contributed by atoms with van der Waals surface area (Å²) in [6.07, 6.45) is 4.96. The minimum Gasteiger partial charge on any atom is -0.456 e. The first-order valence-corrected chi connectivity index (χ1v) is 7.16. The number of furan rings is 1. The van der Waals surface area contributed by atoms with Crippen LogP contribution in [0.25, 0.3) is 0 Å². The molecule has 1 heterocycles. The number of hydrogen-bond acceptors (Lipinski definition) is 3. The summed E-state index contributed by atoms with van der Waals surface area (Å²) in [4.78, 5) is 12.2. The Hall–Kier alpha value is -1.29. The van der Waals surface area contributed by atoms with Crippen LogP contribution in [0.5, 0.6) is 0 Å². The maximum absolute atomic E-state index is 12.2. The first kappa shape index (κ1) is 14.1. The zero-order valence-electron chi connectivity index (χ0n) is 11.7. The van der Waals surface area contributed by atoms with Gasteiger partial charge in [0.25, 0.3) is 5.91 Å². The van der Waals surface area contributed by atoms with E-state index in [1.54, 1.807) is 0 Å². The van der Waals surface area contributed by atoms with Crippen molar-refractivity contribution in [1.29, 1.82) is 0 Å². The Kier molecular flexibility index (Phi) is 4.64. The highest BCUT2D eigenvalue weighted by molar-refractivity contribution is 5.93. The Morgan fingerprint density at radius 2 is 2.21 bits per heavy atom. The molecule has 2 atom stereocenters. The molecular formula is C15H23NO3. The van der Waals surface area contributed by atoms with E-state index in [0.717, 1.165) is 43.4 Å². The number of aliphatic hydroxyl groups excluding tert-OH is 1. The quantitative estimate of drug-likeness (QED) is 0.879. The summed E-state index contributed by atoms with van der Waals surface area (Å²) in [5, 5.41) is 12.4. The van der Waals surface area contributed by atoms with Crippen molar-refractivity contribution in [3.05, 3.63) is 23.2 Å². The topological polar surface area (TPSA) is 62.5 Å². The van der Waals surface area contributed by atoms with E-state index in [4.69, 9.17) is 4.42 Å². The van der Waals surface area contributed by atoms with Crippen molar-refractivity contribution >= 4 is 5.91 Å². The molecule has 1 aliphatic rings. The largest absolute Gasteiger partial charge is 0.456 e. The number of carbonyl (C=O) groups is 1. The molecule has 1 aliphatic carbocycles. The summed E-state index contributed by atoms with van der Waals surface area (Å²) in [5.74, 6) is 1.28. The molecular weight excluding hydrogens is 242 g/mol. The van der Waals surface area contributed by atoms with Crippen LogP contribution in [-0.2, 0) is 6.42 Å². The zero-order valence-corrected chi connectivity index (χ0v) is 11.7. The Morgan fingerprint density at radius 3 is 2.84 bits per heavy atom. The molecule has 1 fully saturated rings. The van der Waals surface area contributed by atoms with Gasteiger partial charge in [0.05, 0.1) is 0 Å². The second-order valence-corrected chi connectivity index (χ2v) is 5.39. The molecule has 0 radical (unpaired) electrons. The summed E-state index contributed by atoms with van der Waals surface area (Å²) >= 11 is 0. The summed E-state index contributed by atoms with van der Waals surface area (Å²) < 4.78 is 5.56. The summed E-state index contributed by atoms with van der Waals surface area (Å²) in [5.41, 5.74) is 0.880. The van der Waals surface area contributed by atoms with Crippen LogP contribution in [0.4, 0.5) is 0 Å². The van der Waals surface area contributed by atoms with Crippen LogP contribution in [0, 0.1) is 12.8 Å². The van der Waals surface area contributed by atoms with Crippen molar-refractivity contribution < 1.29 is 14.3 Å². The van der Waals surface area contributed by atoms with Crippen LogP contribution in [0.2, 0.25) is 0 Å². The highest BCUT2D eigenvalue weighted by Gasteiger charge is 2.27. The van der Waals surface area contributed by atoms with Gasteiger partial charge in [0, 0.05) is 30.6 Å². The van der Waals surface area contributed by atoms with E-state index >= 15 is 0 Å². The van der Waals surface area contributed by atoms with E-state index in [9.17, 15) is 9.90 Å². The molecule has 1 saturated carbocycles. The standard InChI is InChI=1S/C15H23NO3/c1-3-12-8-10(2)14(19-12)15(18)16-13-7-5-4-6-11(13)9-17/h8,11,13,17H,3-7,9H2,1-2H3,(H,16,18). The maximum Gasteiger partial charge on any atom is 0.287 e. The van der Waals surface area contributed by atoms with Crippen LogP contribution in [0.3, 0.4) is 0 Å². The minimum atomic E-state index is -0.150. The van der Waals surface area contributed by atoms with E-state index < -0.39 is 0 Å².